The van der Waals surface area contributed by atoms with Crippen molar-refractivity contribution in [1.29, 1.82) is 0 Å². The van der Waals surface area contributed by atoms with Gasteiger partial charge in [0, 0.05) is 11.3 Å². The Balaban J connectivity index is 1.81. The fourth-order valence-electron chi connectivity index (χ4n) is 3.27. The van der Waals surface area contributed by atoms with Crippen molar-refractivity contribution in [2.45, 2.75) is 32.2 Å². The van der Waals surface area contributed by atoms with Crippen molar-refractivity contribution in [3.8, 4) is 11.5 Å². The first kappa shape index (κ1) is 21.8. The van der Waals surface area contributed by atoms with Crippen LogP contribution in [-0.2, 0) is 17.6 Å². The van der Waals surface area contributed by atoms with Gasteiger partial charge in [-0.1, -0.05) is 36.9 Å². The molecule has 0 aliphatic carbocycles. The maximum atomic E-state index is 12.5. The molecule has 0 radical (unpaired) electrons. The lowest BCUT2D eigenvalue weighted by molar-refractivity contribution is -0.116. The van der Waals surface area contributed by atoms with Gasteiger partial charge in [-0.25, -0.2) is 0 Å². The Labute approximate surface area is 182 Å². The molecular weight excluding hydrogens is 396 g/mol. The molecule has 1 saturated heterocycles. The second-order valence-electron chi connectivity index (χ2n) is 6.81. The van der Waals surface area contributed by atoms with Crippen molar-refractivity contribution in [2.75, 3.05) is 19.0 Å². The minimum Gasteiger partial charge on any atom is -0.493 e. The molecule has 1 aliphatic heterocycles. The summed E-state index contributed by atoms with van der Waals surface area (Å²) < 4.78 is 11.3. The van der Waals surface area contributed by atoms with E-state index >= 15 is 0 Å². The zero-order chi connectivity index (χ0) is 21.5. The van der Waals surface area contributed by atoms with Gasteiger partial charge in [0.2, 0.25) is 0 Å². The highest BCUT2D eigenvalue weighted by molar-refractivity contribution is 8.05. The van der Waals surface area contributed by atoms with Crippen molar-refractivity contribution in [3.63, 3.8) is 0 Å². The highest BCUT2D eigenvalue weighted by atomic mass is 32.2. The highest BCUT2D eigenvalue weighted by Crippen LogP contribution is 2.36. The number of rotatable bonds is 9. The van der Waals surface area contributed by atoms with Gasteiger partial charge in [0.1, 0.15) is 0 Å². The summed E-state index contributed by atoms with van der Waals surface area (Å²) >= 11 is 1.46. The third kappa shape index (κ3) is 5.19. The van der Waals surface area contributed by atoms with E-state index in [2.05, 4.69) is 36.3 Å². The number of anilines is 1. The standard InChI is InChI=1S/C24H28N2O3S/c1-5-8-18-13-17(14-20(29-7-3)22(18)28-4)15-21-23(27)26-24(30-21)25-19-11-9-16(6-2)10-12-19/h5,9-15,24-25H,1,6-8H2,2-4H3,(H,26,27)/b21-15-/t24-/m1/s1. The smallest absolute Gasteiger partial charge is 0.260 e. The molecule has 0 saturated carbocycles. The van der Waals surface area contributed by atoms with Crippen molar-refractivity contribution in [1.82, 2.24) is 5.32 Å². The van der Waals surface area contributed by atoms with E-state index in [0.717, 1.165) is 23.2 Å². The molecule has 0 unspecified atom stereocenters. The Bertz CT molecular complexity index is 938. The molecule has 1 atom stereocenters. The van der Waals surface area contributed by atoms with E-state index in [1.165, 1.54) is 17.3 Å². The summed E-state index contributed by atoms with van der Waals surface area (Å²) in [5.41, 5.74) is 3.90. The summed E-state index contributed by atoms with van der Waals surface area (Å²) in [5, 5.41) is 6.33. The van der Waals surface area contributed by atoms with Crippen LogP contribution in [0.5, 0.6) is 11.5 Å². The third-order valence-electron chi connectivity index (χ3n) is 4.71. The van der Waals surface area contributed by atoms with Gasteiger partial charge < -0.3 is 20.1 Å². The van der Waals surface area contributed by atoms with Gasteiger partial charge in [-0.05, 0) is 61.2 Å². The van der Waals surface area contributed by atoms with E-state index in [9.17, 15) is 4.79 Å². The molecule has 0 spiro atoms. The topological polar surface area (TPSA) is 59.6 Å². The van der Waals surface area contributed by atoms with Crippen molar-refractivity contribution >= 4 is 29.4 Å². The van der Waals surface area contributed by atoms with E-state index in [1.807, 2.05) is 43.3 Å². The largest absolute Gasteiger partial charge is 0.493 e. The monoisotopic (exact) mass is 424 g/mol. The predicted molar refractivity (Wildman–Crippen MR) is 125 cm³/mol. The van der Waals surface area contributed by atoms with Crippen LogP contribution >= 0.6 is 11.8 Å². The first-order valence-electron chi connectivity index (χ1n) is 10.1. The number of hydrogen-bond donors (Lipinski definition) is 2. The summed E-state index contributed by atoms with van der Waals surface area (Å²) in [5.74, 6) is 1.28. The van der Waals surface area contributed by atoms with Crippen LogP contribution in [0, 0.1) is 0 Å². The maximum absolute atomic E-state index is 12.5. The van der Waals surface area contributed by atoms with Gasteiger partial charge >= 0.3 is 0 Å². The van der Waals surface area contributed by atoms with Gasteiger partial charge in [-0.15, -0.1) is 6.58 Å². The summed E-state index contributed by atoms with van der Waals surface area (Å²) in [6, 6.07) is 12.2. The lowest BCUT2D eigenvalue weighted by Gasteiger charge is -2.14. The number of nitrogens with one attached hydrogen (secondary N) is 2. The number of ether oxygens (including phenoxy) is 2. The first-order chi connectivity index (χ1) is 14.6. The Morgan fingerprint density at radius 2 is 2.00 bits per heavy atom. The SMILES string of the molecule is C=CCc1cc(/C=C2\S[C@H](Nc3ccc(CC)cc3)NC2=O)cc(OCC)c1OC. The van der Waals surface area contributed by atoms with Crippen LogP contribution in [0.2, 0.25) is 0 Å². The molecule has 1 amide bonds. The van der Waals surface area contributed by atoms with Gasteiger partial charge in [0.25, 0.3) is 5.91 Å². The van der Waals surface area contributed by atoms with E-state index in [-0.39, 0.29) is 11.4 Å². The molecule has 1 aliphatic rings. The molecule has 158 valence electrons. The molecule has 6 heteroatoms. The molecule has 0 aromatic heterocycles. The average molecular weight is 425 g/mol. The Morgan fingerprint density at radius 3 is 2.63 bits per heavy atom. The Morgan fingerprint density at radius 1 is 1.23 bits per heavy atom. The zero-order valence-corrected chi connectivity index (χ0v) is 18.5. The number of allylic oxidation sites excluding steroid dienone is 1. The van der Waals surface area contributed by atoms with E-state index < -0.39 is 0 Å². The maximum Gasteiger partial charge on any atom is 0.260 e. The van der Waals surface area contributed by atoms with Crippen LogP contribution in [0.15, 0.2) is 54.0 Å². The second-order valence-corrected chi connectivity index (χ2v) is 7.96. The molecule has 30 heavy (non-hydrogen) atoms. The molecule has 1 heterocycles. The van der Waals surface area contributed by atoms with E-state index in [4.69, 9.17) is 9.47 Å². The summed E-state index contributed by atoms with van der Waals surface area (Å²) in [4.78, 5) is 13.2. The van der Waals surface area contributed by atoms with Crippen molar-refractivity contribution in [2.24, 2.45) is 0 Å². The highest BCUT2D eigenvalue weighted by Gasteiger charge is 2.27. The summed E-state index contributed by atoms with van der Waals surface area (Å²) in [6.07, 6.45) is 5.36. The molecule has 3 rings (SSSR count). The number of methoxy groups -OCH3 is 1. The predicted octanol–water partition coefficient (Wildman–Crippen LogP) is 4.98. The molecular formula is C24H28N2O3S. The van der Waals surface area contributed by atoms with Gasteiger partial charge in [-0.2, -0.15) is 0 Å². The molecule has 2 aromatic carbocycles. The quantitative estimate of drug-likeness (QED) is 0.439. The van der Waals surface area contributed by atoms with Crippen LogP contribution in [-0.4, -0.2) is 25.1 Å². The summed E-state index contributed by atoms with van der Waals surface area (Å²) in [7, 11) is 1.63. The second kappa shape index (κ2) is 10.3. The van der Waals surface area contributed by atoms with E-state index in [1.54, 1.807) is 7.11 Å². The normalized spacial score (nSPS) is 17.0. The van der Waals surface area contributed by atoms with E-state index in [0.29, 0.717) is 29.4 Å². The lowest BCUT2D eigenvalue weighted by Crippen LogP contribution is -2.30. The number of carbonyl (C=O) groups is 1. The van der Waals surface area contributed by atoms with Crippen LogP contribution in [0.3, 0.4) is 0 Å². The lowest BCUT2D eigenvalue weighted by atomic mass is 10.0. The minimum absolute atomic E-state index is 0.0956. The fraction of sp³-hybridized carbons (Fsp3) is 0.292. The molecule has 2 aromatic rings. The summed E-state index contributed by atoms with van der Waals surface area (Å²) in [6.45, 7) is 8.41. The Kier molecular flexibility index (Phi) is 7.46. The molecule has 1 fully saturated rings. The molecule has 5 nitrogen and oxygen atoms in total. The number of hydrogen-bond acceptors (Lipinski definition) is 5. The average Bonchev–Trinajstić information content (AvgIpc) is 3.07. The number of aryl methyl sites for hydroxylation is 1. The van der Waals surface area contributed by atoms with Crippen LogP contribution in [0.1, 0.15) is 30.5 Å². The van der Waals surface area contributed by atoms with Crippen molar-refractivity contribution in [3.05, 3.63) is 70.6 Å². The molecule has 0 bridgehead atoms. The third-order valence-corrected chi connectivity index (χ3v) is 5.74. The number of thioether (sulfide) groups is 1. The molecule has 2 N–H and O–H groups in total. The number of benzene rings is 2. The zero-order valence-electron chi connectivity index (χ0n) is 17.7. The van der Waals surface area contributed by atoms with Crippen molar-refractivity contribution < 1.29 is 14.3 Å². The van der Waals surface area contributed by atoms with Gasteiger partial charge in [0.15, 0.2) is 17.0 Å². The van der Waals surface area contributed by atoms with Crippen LogP contribution in [0.25, 0.3) is 6.08 Å². The number of carbonyl (C=O) groups excluding carboxylic acids is 1. The van der Waals surface area contributed by atoms with Gasteiger partial charge in [-0.3, -0.25) is 4.79 Å². The van der Waals surface area contributed by atoms with Crippen LogP contribution < -0.4 is 20.1 Å². The minimum atomic E-state index is -0.214. The number of amides is 1. The fourth-order valence-corrected chi connectivity index (χ4v) is 4.26. The Hall–Kier alpha value is -2.86. The van der Waals surface area contributed by atoms with Gasteiger partial charge in [0.05, 0.1) is 18.6 Å². The first-order valence-corrected chi connectivity index (χ1v) is 10.9. The van der Waals surface area contributed by atoms with Crippen LogP contribution in [0.4, 0.5) is 5.69 Å².